The molecule has 0 radical (unpaired) electrons. The molecule has 202 valence electrons. The van der Waals surface area contributed by atoms with E-state index in [-0.39, 0.29) is 55.2 Å². The normalized spacial score (nSPS) is 19.1. The summed E-state index contributed by atoms with van der Waals surface area (Å²) < 4.78 is 60.3. The number of pyridine rings is 2. The summed E-state index contributed by atoms with van der Waals surface area (Å²) in [7, 11) is 1.30. The van der Waals surface area contributed by atoms with E-state index in [4.69, 9.17) is 14.2 Å². The second-order valence-corrected chi connectivity index (χ2v) is 8.71. The van der Waals surface area contributed by atoms with Gasteiger partial charge in [-0.3, -0.25) is 9.88 Å². The number of hydrogen-bond donors (Lipinski definition) is 1. The number of nitrogens with one attached hydrogen (secondary N) is 1. The van der Waals surface area contributed by atoms with Gasteiger partial charge in [0.05, 0.1) is 19.0 Å². The number of hydrogen-bond acceptors (Lipinski definition) is 7. The zero-order valence-electron chi connectivity index (χ0n) is 20.2. The highest BCUT2D eigenvalue weighted by molar-refractivity contribution is 5.85. The lowest BCUT2D eigenvalue weighted by molar-refractivity contribution is 0.103. The van der Waals surface area contributed by atoms with Gasteiger partial charge in [0, 0.05) is 42.7 Å². The molecular weight excluding hydrogens is 532 g/mol. The molecule has 3 aromatic rings. The number of methoxy groups -OCH3 is 1. The first kappa shape index (κ1) is 29.0. The molecule has 0 amide bonds. The van der Waals surface area contributed by atoms with Crippen LogP contribution in [0.25, 0.3) is 10.9 Å². The van der Waals surface area contributed by atoms with E-state index in [1.165, 1.54) is 19.2 Å². The van der Waals surface area contributed by atoms with E-state index in [0.29, 0.717) is 61.7 Å². The van der Waals surface area contributed by atoms with Crippen LogP contribution in [0.15, 0.2) is 30.5 Å². The van der Waals surface area contributed by atoms with Crippen molar-refractivity contribution in [1.82, 2.24) is 20.2 Å². The van der Waals surface area contributed by atoms with Gasteiger partial charge < -0.3 is 19.5 Å². The first-order valence-corrected chi connectivity index (χ1v) is 11.7. The second-order valence-electron chi connectivity index (χ2n) is 8.71. The minimum Gasteiger partial charge on any atom is -0.486 e. The molecule has 7 nitrogen and oxygen atoms in total. The number of benzene rings is 1. The third kappa shape index (κ3) is 6.31. The van der Waals surface area contributed by atoms with Crippen LogP contribution in [-0.4, -0.2) is 67.0 Å². The zero-order chi connectivity index (χ0) is 24.4. The quantitative estimate of drug-likeness (QED) is 0.462. The maximum absolute atomic E-state index is 15.0. The summed E-state index contributed by atoms with van der Waals surface area (Å²) in [6.07, 6.45) is 1.43. The molecule has 2 aromatic heterocycles. The third-order valence-electron chi connectivity index (χ3n) is 6.51. The molecule has 2 atom stereocenters. The van der Waals surface area contributed by atoms with Gasteiger partial charge in [-0.25, -0.2) is 18.2 Å². The van der Waals surface area contributed by atoms with E-state index in [1.807, 2.05) is 11.0 Å². The lowest BCUT2D eigenvalue weighted by Crippen LogP contribution is -2.51. The summed E-state index contributed by atoms with van der Waals surface area (Å²) in [4.78, 5) is 10.3. The molecule has 0 unspecified atom stereocenters. The van der Waals surface area contributed by atoms with Crippen molar-refractivity contribution < 1.29 is 27.4 Å². The number of ether oxygens (including phenoxy) is 3. The van der Waals surface area contributed by atoms with Crippen LogP contribution in [0, 0.1) is 11.6 Å². The Morgan fingerprint density at radius 1 is 1.16 bits per heavy atom. The van der Waals surface area contributed by atoms with E-state index < -0.39 is 17.8 Å². The molecule has 2 aliphatic rings. The average Bonchev–Trinajstić information content (AvgIpc) is 2.87. The predicted octanol–water partition coefficient (Wildman–Crippen LogP) is 4.28. The first-order valence-electron chi connectivity index (χ1n) is 11.7. The van der Waals surface area contributed by atoms with Crippen molar-refractivity contribution in [2.45, 2.75) is 31.6 Å². The Labute approximate surface area is 225 Å². The van der Waals surface area contributed by atoms with Gasteiger partial charge in [0.15, 0.2) is 17.3 Å². The zero-order valence-corrected chi connectivity index (χ0v) is 21.8. The summed E-state index contributed by atoms with van der Waals surface area (Å²) in [6.45, 7) is 2.73. The molecule has 1 fully saturated rings. The molecule has 1 N–H and O–H groups in total. The van der Waals surface area contributed by atoms with Crippen LogP contribution in [0.4, 0.5) is 13.2 Å². The highest BCUT2D eigenvalue weighted by Crippen LogP contribution is 2.30. The number of rotatable bonds is 7. The SMILES string of the molecule is COc1nc2c(F)cccc2c(CCN2CC[C@H](NCc3cc4c(cn3)OCCO4)[C@H](F)C2)c1F.Cl.Cl. The standard InChI is InChI=1S/C25H27F3N4O3.2ClH/c1-33-25-23(28)16(17-3-2-4-18(26)24(17)31-25)5-7-32-8-6-20(19(27)14-32)30-12-15-11-21-22(13-29-15)35-10-9-34-21;;/h2-4,11,13,19-20,30H,5-10,12,14H2,1H3;2*1H/t19-,20+;;/m1../s1. The van der Waals surface area contributed by atoms with E-state index in [1.54, 1.807) is 12.3 Å². The van der Waals surface area contributed by atoms with Gasteiger partial charge in [-0.2, -0.15) is 0 Å². The Hall–Kier alpha value is -2.53. The first-order chi connectivity index (χ1) is 17.0. The van der Waals surface area contributed by atoms with Gasteiger partial charge >= 0.3 is 0 Å². The molecule has 1 aromatic carbocycles. The summed E-state index contributed by atoms with van der Waals surface area (Å²) in [5, 5.41) is 3.66. The van der Waals surface area contributed by atoms with Gasteiger partial charge in [-0.05, 0) is 25.5 Å². The van der Waals surface area contributed by atoms with Gasteiger partial charge in [0.25, 0.3) is 5.88 Å². The topological polar surface area (TPSA) is 68.7 Å². The fourth-order valence-electron chi connectivity index (χ4n) is 4.64. The van der Waals surface area contributed by atoms with Crippen LogP contribution >= 0.6 is 24.8 Å². The molecule has 0 bridgehead atoms. The van der Waals surface area contributed by atoms with Crippen LogP contribution in [-0.2, 0) is 13.0 Å². The Morgan fingerprint density at radius 2 is 1.95 bits per heavy atom. The monoisotopic (exact) mass is 560 g/mol. The van der Waals surface area contributed by atoms with Crippen molar-refractivity contribution in [2.75, 3.05) is 40.0 Å². The number of fused-ring (bicyclic) bond motifs is 2. The molecule has 0 aliphatic carbocycles. The van der Waals surface area contributed by atoms with Crippen molar-refractivity contribution in [2.24, 2.45) is 0 Å². The number of para-hydroxylation sites is 1. The van der Waals surface area contributed by atoms with Crippen LogP contribution in [0.3, 0.4) is 0 Å². The molecule has 5 rings (SSSR count). The average molecular weight is 561 g/mol. The molecule has 37 heavy (non-hydrogen) atoms. The minimum atomic E-state index is -1.09. The van der Waals surface area contributed by atoms with Crippen molar-refractivity contribution in [1.29, 1.82) is 0 Å². The van der Waals surface area contributed by atoms with Crippen molar-refractivity contribution in [3.63, 3.8) is 0 Å². The molecule has 0 spiro atoms. The number of halogens is 5. The molecule has 2 aliphatic heterocycles. The number of piperidine rings is 1. The van der Waals surface area contributed by atoms with Crippen LogP contribution < -0.4 is 19.5 Å². The van der Waals surface area contributed by atoms with Crippen molar-refractivity contribution >= 4 is 35.7 Å². The third-order valence-corrected chi connectivity index (χ3v) is 6.51. The Balaban J connectivity index is 0.00000190. The van der Waals surface area contributed by atoms with Crippen LogP contribution in [0.2, 0.25) is 0 Å². The van der Waals surface area contributed by atoms with Gasteiger partial charge in [-0.1, -0.05) is 12.1 Å². The van der Waals surface area contributed by atoms with Crippen molar-refractivity contribution in [3.05, 3.63) is 53.4 Å². The molecule has 1 saturated heterocycles. The fourth-order valence-corrected chi connectivity index (χ4v) is 4.64. The summed E-state index contributed by atoms with van der Waals surface area (Å²) in [6, 6.07) is 5.95. The minimum absolute atomic E-state index is 0. The van der Waals surface area contributed by atoms with Gasteiger partial charge in [0.1, 0.15) is 30.7 Å². The smallest absolute Gasteiger partial charge is 0.251 e. The molecule has 12 heteroatoms. The Kier molecular flexibility index (Phi) is 10.1. The van der Waals surface area contributed by atoms with E-state index in [9.17, 15) is 13.2 Å². The van der Waals surface area contributed by atoms with E-state index in [2.05, 4.69) is 15.3 Å². The maximum atomic E-state index is 15.0. The highest BCUT2D eigenvalue weighted by Gasteiger charge is 2.29. The van der Waals surface area contributed by atoms with E-state index >= 15 is 0 Å². The second kappa shape index (κ2) is 12.8. The highest BCUT2D eigenvalue weighted by atomic mass is 35.5. The fraction of sp³-hybridized carbons (Fsp3) is 0.440. The lowest BCUT2D eigenvalue weighted by Gasteiger charge is -2.35. The van der Waals surface area contributed by atoms with Crippen LogP contribution in [0.1, 0.15) is 17.7 Å². The molecular formula is C25H29Cl2F3N4O3. The predicted molar refractivity (Wildman–Crippen MR) is 138 cm³/mol. The molecule has 4 heterocycles. The maximum Gasteiger partial charge on any atom is 0.251 e. The van der Waals surface area contributed by atoms with E-state index in [0.717, 1.165) is 5.69 Å². The summed E-state index contributed by atoms with van der Waals surface area (Å²) in [5.74, 6) is -0.106. The largest absolute Gasteiger partial charge is 0.486 e. The summed E-state index contributed by atoms with van der Waals surface area (Å²) in [5.41, 5.74) is 1.15. The van der Waals surface area contributed by atoms with Gasteiger partial charge in [-0.15, -0.1) is 24.8 Å². The van der Waals surface area contributed by atoms with Crippen molar-refractivity contribution in [3.8, 4) is 17.4 Å². The Bertz CT molecular complexity index is 1220. The number of aromatic nitrogens is 2. The lowest BCUT2D eigenvalue weighted by atomic mass is 10.0. The summed E-state index contributed by atoms with van der Waals surface area (Å²) >= 11 is 0. The molecule has 0 saturated carbocycles. The number of nitrogens with zero attached hydrogens (tertiary/aromatic N) is 3. The number of alkyl halides is 1. The number of likely N-dealkylation sites (tertiary alicyclic amines) is 1. The van der Waals surface area contributed by atoms with Gasteiger partial charge in [0.2, 0.25) is 0 Å². The van der Waals surface area contributed by atoms with Crippen LogP contribution in [0.5, 0.6) is 17.4 Å². The Morgan fingerprint density at radius 3 is 2.70 bits per heavy atom.